The van der Waals surface area contributed by atoms with Crippen LogP contribution in [-0.2, 0) is 6.18 Å². The first-order chi connectivity index (χ1) is 7.90. The number of methoxy groups -OCH3 is 1. The predicted molar refractivity (Wildman–Crippen MR) is 67.0 cm³/mol. The van der Waals surface area contributed by atoms with Crippen LogP contribution in [-0.4, -0.2) is 7.11 Å². The molecule has 6 heteroatoms. The number of ether oxygens (including phenoxy) is 1. The highest BCUT2D eigenvalue weighted by molar-refractivity contribution is 5.85. The summed E-state index contributed by atoms with van der Waals surface area (Å²) < 4.78 is 42.4. The third-order valence-electron chi connectivity index (χ3n) is 2.38. The Morgan fingerprint density at radius 2 is 2.06 bits per heavy atom. The summed E-state index contributed by atoms with van der Waals surface area (Å²) in [6.45, 7) is 3.54. The van der Waals surface area contributed by atoms with Crippen LogP contribution < -0.4 is 10.5 Å². The number of rotatable bonds is 4. The Kier molecular flexibility index (Phi) is 6.21. The van der Waals surface area contributed by atoms with E-state index in [1.54, 1.807) is 6.08 Å². The summed E-state index contributed by atoms with van der Waals surface area (Å²) in [5, 5.41) is 0. The van der Waals surface area contributed by atoms with E-state index in [9.17, 15) is 13.2 Å². The lowest BCUT2D eigenvalue weighted by Crippen LogP contribution is -2.12. The minimum absolute atomic E-state index is 0. The second-order valence-electron chi connectivity index (χ2n) is 3.59. The normalized spacial score (nSPS) is 12.5. The maximum absolute atomic E-state index is 12.5. The van der Waals surface area contributed by atoms with E-state index in [4.69, 9.17) is 10.5 Å². The fourth-order valence-corrected chi connectivity index (χ4v) is 1.50. The quantitative estimate of drug-likeness (QED) is 0.854. The lowest BCUT2D eigenvalue weighted by molar-refractivity contribution is -0.137. The molecule has 0 aliphatic heterocycles. The monoisotopic (exact) mass is 281 g/mol. The van der Waals surface area contributed by atoms with Crippen LogP contribution in [0.5, 0.6) is 5.75 Å². The van der Waals surface area contributed by atoms with E-state index >= 15 is 0 Å². The van der Waals surface area contributed by atoms with Crippen LogP contribution >= 0.6 is 12.4 Å². The molecule has 0 bridgehead atoms. The number of halogens is 4. The zero-order chi connectivity index (χ0) is 13.1. The summed E-state index contributed by atoms with van der Waals surface area (Å²) in [4.78, 5) is 0. The average molecular weight is 282 g/mol. The molecule has 1 aromatic rings. The van der Waals surface area contributed by atoms with Crippen LogP contribution in [0, 0.1) is 0 Å². The molecule has 102 valence electrons. The van der Waals surface area contributed by atoms with E-state index in [1.807, 2.05) is 0 Å². The molecule has 0 fully saturated rings. The van der Waals surface area contributed by atoms with E-state index in [2.05, 4.69) is 6.58 Å². The van der Waals surface area contributed by atoms with Gasteiger partial charge in [-0.15, -0.1) is 19.0 Å². The van der Waals surface area contributed by atoms with Crippen molar-refractivity contribution >= 4 is 12.4 Å². The maximum Gasteiger partial charge on any atom is 0.416 e. The van der Waals surface area contributed by atoms with Gasteiger partial charge in [-0.1, -0.05) is 12.1 Å². The van der Waals surface area contributed by atoms with Gasteiger partial charge in [-0.05, 0) is 18.6 Å². The largest absolute Gasteiger partial charge is 0.496 e. The van der Waals surface area contributed by atoms with Crippen molar-refractivity contribution in [2.24, 2.45) is 5.73 Å². The SMILES string of the molecule is C=CC[C@H](N)c1ccc(C(F)(F)F)cc1OC.Cl. The fourth-order valence-electron chi connectivity index (χ4n) is 1.50. The predicted octanol–water partition coefficient (Wildman–Crippen LogP) is 3.71. The van der Waals surface area contributed by atoms with E-state index in [1.165, 1.54) is 13.2 Å². The molecule has 2 N–H and O–H groups in total. The van der Waals surface area contributed by atoms with Gasteiger partial charge in [-0.3, -0.25) is 0 Å². The van der Waals surface area contributed by atoms with Gasteiger partial charge in [0.25, 0.3) is 0 Å². The van der Waals surface area contributed by atoms with Crippen LogP contribution in [0.2, 0.25) is 0 Å². The lowest BCUT2D eigenvalue weighted by atomic mass is 10.0. The minimum Gasteiger partial charge on any atom is -0.496 e. The van der Waals surface area contributed by atoms with E-state index < -0.39 is 17.8 Å². The summed E-state index contributed by atoms with van der Waals surface area (Å²) in [5.41, 5.74) is 5.60. The molecule has 0 saturated heterocycles. The number of nitrogens with two attached hydrogens (primary N) is 1. The molecular weight excluding hydrogens is 267 g/mol. The smallest absolute Gasteiger partial charge is 0.416 e. The summed E-state index contributed by atoms with van der Waals surface area (Å²) in [6, 6.07) is 2.89. The molecule has 18 heavy (non-hydrogen) atoms. The molecule has 1 rings (SSSR count). The Bertz CT molecular complexity index is 407. The van der Waals surface area contributed by atoms with Crippen molar-refractivity contribution in [3.8, 4) is 5.75 Å². The second kappa shape index (κ2) is 6.66. The van der Waals surface area contributed by atoms with Crippen LogP contribution in [0.4, 0.5) is 13.2 Å². The summed E-state index contributed by atoms with van der Waals surface area (Å²) in [6.07, 6.45) is -2.29. The highest BCUT2D eigenvalue weighted by Gasteiger charge is 2.31. The van der Waals surface area contributed by atoms with E-state index in [0.29, 0.717) is 12.0 Å². The molecule has 0 aromatic heterocycles. The van der Waals surface area contributed by atoms with Crippen LogP contribution in [0.25, 0.3) is 0 Å². The molecule has 0 radical (unpaired) electrons. The molecule has 1 atom stereocenters. The van der Waals surface area contributed by atoms with Crippen LogP contribution in [0.15, 0.2) is 30.9 Å². The third-order valence-corrected chi connectivity index (χ3v) is 2.38. The van der Waals surface area contributed by atoms with Crippen molar-refractivity contribution < 1.29 is 17.9 Å². The van der Waals surface area contributed by atoms with Crippen molar-refractivity contribution in [1.29, 1.82) is 0 Å². The van der Waals surface area contributed by atoms with Gasteiger partial charge in [0, 0.05) is 11.6 Å². The zero-order valence-corrected chi connectivity index (χ0v) is 10.6. The average Bonchev–Trinajstić information content (AvgIpc) is 2.27. The van der Waals surface area contributed by atoms with Gasteiger partial charge in [0.15, 0.2) is 0 Å². The lowest BCUT2D eigenvalue weighted by Gasteiger charge is -2.16. The minimum atomic E-state index is -4.38. The molecule has 2 nitrogen and oxygen atoms in total. The van der Waals surface area contributed by atoms with Crippen molar-refractivity contribution in [3.05, 3.63) is 42.0 Å². The molecule has 1 aromatic carbocycles. The Balaban J connectivity index is 0.00000289. The first-order valence-corrected chi connectivity index (χ1v) is 5.01. The molecule has 0 aliphatic carbocycles. The first kappa shape index (κ1) is 16.8. The van der Waals surface area contributed by atoms with Gasteiger partial charge in [-0.2, -0.15) is 13.2 Å². The number of alkyl halides is 3. The van der Waals surface area contributed by atoms with Gasteiger partial charge in [0.05, 0.1) is 12.7 Å². The van der Waals surface area contributed by atoms with Gasteiger partial charge in [0.1, 0.15) is 5.75 Å². The Morgan fingerprint density at radius 3 is 2.50 bits per heavy atom. The highest BCUT2D eigenvalue weighted by Crippen LogP contribution is 2.35. The summed E-state index contributed by atoms with van der Waals surface area (Å²) >= 11 is 0. The second-order valence-corrected chi connectivity index (χ2v) is 3.59. The van der Waals surface area contributed by atoms with Crippen molar-refractivity contribution in [3.63, 3.8) is 0 Å². The molecule has 0 aliphatic rings. The maximum atomic E-state index is 12.5. The molecular formula is C12H15ClF3NO. The van der Waals surface area contributed by atoms with Crippen LogP contribution in [0.1, 0.15) is 23.6 Å². The third kappa shape index (κ3) is 3.92. The van der Waals surface area contributed by atoms with Gasteiger partial charge in [0.2, 0.25) is 0 Å². The van der Waals surface area contributed by atoms with Crippen molar-refractivity contribution in [2.75, 3.05) is 7.11 Å². The fraction of sp³-hybridized carbons (Fsp3) is 0.333. The highest BCUT2D eigenvalue weighted by atomic mass is 35.5. The van der Waals surface area contributed by atoms with Gasteiger partial charge in [-0.25, -0.2) is 0 Å². The first-order valence-electron chi connectivity index (χ1n) is 5.01. The number of benzene rings is 1. The molecule has 0 amide bonds. The number of hydrogen-bond acceptors (Lipinski definition) is 2. The van der Waals surface area contributed by atoms with Crippen molar-refractivity contribution in [2.45, 2.75) is 18.6 Å². The Morgan fingerprint density at radius 1 is 1.44 bits per heavy atom. The summed E-state index contributed by atoms with van der Waals surface area (Å²) in [7, 11) is 1.32. The van der Waals surface area contributed by atoms with Crippen LogP contribution in [0.3, 0.4) is 0 Å². The van der Waals surface area contributed by atoms with Crippen molar-refractivity contribution in [1.82, 2.24) is 0 Å². The molecule has 0 unspecified atom stereocenters. The van der Waals surface area contributed by atoms with E-state index in [0.717, 1.165) is 12.1 Å². The topological polar surface area (TPSA) is 35.2 Å². The zero-order valence-electron chi connectivity index (χ0n) is 9.83. The Hall–Kier alpha value is -1.20. The molecule has 0 saturated carbocycles. The van der Waals surface area contributed by atoms with Gasteiger partial charge >= 0.3 is 6.18 Å². The molecule has 0 spiro atoms. The Labute approximate surface area is 110 Å². The van der Waals surface area contributed by atoms with E-state index in [-0.39, 0.29) is 18.2 Å². The number of hydrogen-bond donors (Lipinski definition) is 1. The summed E-state index contributed by atoms with van der Waals surface area (Å²) in [5.74, 6) is 0.147. The van der Waals surface area contributed by atoms with Gasteiger partial charge < -0.3 is 10.5 Å². The standard InChI is InChI=1S/C12H14F3NO.ClH/c1-3-4-10(16)9-6-5-8(12(13,14)15)7-11(9)17-2;/h3,5-7,10H,1,4,16H2,2H3;1H/t10-;/m0./s1. The molecule has 0 heterocycles.